The molecule has 3 aromatic heterocycles. The largest absolute Gasteiger partial charge is 0.303 e. The molecule has 1 amide bonds. The van der Waals surface area contributed by atoms with Gasteiger partial charge < -0.3 is 4.57 Å². The molecule has 0 saturated heterocycles. The Balaban J connectivity index is 1.98. The SMILES string of the molecule is Cc1cc(/C=C(\C#N)C(=O)Nc2nccs2)c(C)n1-c1ccnn1C(C)C. The zero-order chi connectivity index (χ0) is 19.6. The van der Waals surface area contributed by atoms with Gasteiger partial charge in [0.05, 0.1) is 6.20 Å². The molecule has 0 radical (unpaired) electrons. The van der Waals surface area contributed by atoms with Crippen molar-refractivity contribution in [2.45, 2.75) is 33.7 Å². The molecule has 3 rings (SSSR count). The van der Waals surface area contributed by atoms with Gasteiger partial charge in [-0.2, -0.15) is 10.4 Å². The highest BCUT2D eigenvalue weighted by molar-refractivity contribution is 7.13. The van der Waals surface area contributed by atoms with Crippen molar-refractivity contribution >= 4 is 28.5 Å². The Morgan fingerprint density at radius 2 is 2.15 bits per heavy atom. The summed E-state index contributed by atoms with van der Waals surface area (Å²) < 4.78 is 4.01. The Kier molecular flexibility index (Phi) is 5.23. The molecule has 0 saturated carbocycles. The summed E-state index contributed by atoms with van der Waals surface area (Å²) in [5.74, 6) is 0.481. The lowest BCUT2D eigenvalue weighted by Gasteiger charge is -2.15. The maximum atomic E-state index is 12.4. The summed E-state index contributed by atoms with van der Waals surface area (Å²) in [4.78, 5) is 16.4. The summed E-state index contributed by atoms with van der Waals surface area (Å²) in [6, 6.07) is 6.11. The topological polar surface area (TPSA) is 88.5 Å². The molecule has 0 aromatic carbocycles. The van der Waals surface area contributed by atoms with E-state index in [0.717, 1.165) is 22.8 Å². The van der Waals surface area contributed by atoms with E-state index < -0.39 is 5.91 Å². The predicted octanol–water partition coefficient (Wildman–Crippen LogP) is 3.87. The molecule has 138 valence electrons. The van der Waals surface area contributed by atoms with Crippen molar-refractivity contribution in [3.8, 4) is 11.9 Å². The number of aromatic nitrogens is 4. The highest BCUT2D eigenvalue weighted by atomic mass is 32.1. The number of nitrogens with one attached hydrogen (secondary N) is 1. The quantitative estimate of drug-likeness (QED) is 0.537. The zero-order valence-electron chi connectivity index (χ0n) is 15.6. The van der Waals surface area contributed by atoms with E-state index in [9.17, 15) is 10.1 Å². The summed E-state index contributed by atoms with van der Waals surface area (Å²) in [7, 11) is 0. The second kappa shape index (κ2) is 7.60. The van der Waals surface area contributed by atoms with E-state index in [1.807, 2.05) is 36.7 Å². The van der Waals surface area contributed by atoms with Gasteiger partial charge >= 0.3 is 0 Å². The molecule has 0 aliphatic rings. The van der Waals surface area contributed by atoms with Crippen LogP contribution < -0.4 is 5.32 Å². The number of hydrogen-bond acceptors (Lipinski definition) is 5. The third-order valence-electron chi connectivity index (χ3n) is 4.16. The van der Waals surface area contributed by atoms with Crippen molar-refractivity contribution in [2.24, 2.45) is 0 Å². The fourth-order valence-corrected chi connectivity index (χ4v) is 3.45. The Morgan fingerprint density at radius 1 is 1.37 bits per heavy atom. The lowest BCUT2D eigenvalue weighted by molar-refractivity contribution is -0.112. The maximum absolute atomic E-state index is 12.4. The van der Waals surface area contributed by atoms with E-state index in [4.69, 9.17) is 0 Å². The van der Waals surface area contributed by atoms with Gasteiger partial charge in [0.15, 0.2) is 5.13 Å². The van der Waals surface area contributed by atoms with Crippen LogP contribution in [0.5, 0.6) is 0 Å². The van der Waals surface area contributed by atoms with E-state index in [1.54, 1.807) is 23.8 Å². The molecule has 0 bridgehead atoms. The van der Waals surface area contributed by atoms with Crippen molar-refractivity contribution in [2.75, 3.05) is 5.32 Å². The van der Waals surface area contributed by atoms with Crippen LogP contribution in [-0.2, 0) is 4.79 Å². The van der Waals surface area contributed by atoms with Crippen LogP contribution in [0.15, 0.2) is 35.5 Å². The number of carbonyl (C=O) groups excluding carboxylic acids is 1. The summed E-state index contributed by atoms with van der Waals surface area (Å²) in [6.45, 7) is 8.10. The van der Waals surface area contributed by atoms with Gasteiger partial charge in [-0.05, 0) is 45.4 Å². The molecule has 3 heterocycles. The van der Waals surface area contributed by atoms with Crippen molar-refractivity contribution in [3.63, 3.8) is 0 Å². The van der Waals surface area contributed by atoms with E-state index >= 15 is 0 Å². The van der Waals surface area contributed by atoms with Crippen LogP contribution in [0.3, 0.4) is 0 Å². The van der Waals surface area contributed by atoms with Gasteiger partial charge in [-0.1, -0.05) is 0 Å². The lowest BCUT2D eigenvalue weighted by Crippen LogP contribution is -2.13. The second-order valence-corrected chi connectivity index (χ2v) is 7.25. The normalized spacial score (nSPS) is 11.6. The van der Waals surface area contributed by atoms with Gasteiger partial charge in [-0.3, -0.25) is 10.1 Å². The monoisotopic (exact) mass is 380 g/mol. The van der Waals surface area contributed by atoms with E-state index in [0.29, 0.717) is 5.13 Å². The first-order chi connectivity index (χ1) is 12.9. The molecule has 7 nitrogen and oxygen atoms in total. The maximum Gasteiger partial charge on any atom is 0.268 e. The van der Waals surface area contributed by atoms with Crippen LogP contribution in [-0.4, -0.2) is 25.2 Å². The standard InChI is InChI=1S/C19H20N6OS/c1-12(2)25-17(5-6-22-25)24-13(3)9-15(14(24)4)10-16(11-20)18(26)23-19-21-7-8-27-19/h5-10,12H,1-4H3,(H,21,23,26)/b16-10+. The minimum absolute atomic E-state index is 0.0304. The Morgan fingerprint density at radius 3 is 2.78 bits per heavy atom. The van der Waals surface area contributed by atoms with E-state index in [2.05, 4.69) is 33.8 Å². The number of anilines is 1. The van der Waals surface area contributed by atoms with Gasteiger partial charge in [-0.15, -0.1) is 11.3 Å². The molecule has 8 heteroatoms. The molecule has 0 aliphatic carbocycles. The smallest absolute Gasteiger partial charge is 0.268 e. The first-order valence-electron chi connectivity index (χ1n) is 8.47. The van der Waals surface area contributed by atoms with E-state index in [-0.39, 0.29) is 11.6 Å². The van der Waals surface area contributed by atoms with Gasteiger partial charge in [0.2, 0.25) is 0 Å². The molecule has 3 aromatic rings. The predicted molar refractivity (Wildman–Crippen MR) is 106 cm³/mol. The minimum atomic E-state index is -0.468. The fraction of sp³-hybridized carbons (Fsp3) is 0.263. The number of nitrogens with zero attached hydrogens (tertiary/aromatic N) is 5. The molecule has 1 N–H and O–H groups in total. The van der Waals surface area contributed by atoms with Crippen molar-refractivity contribution < 1.29 is 4.79 Å². The van der Waals surface area contributed by atoms with Crippen LogP contribution in [0.25, 0.3) is 11.9 Å². The number of thiazole rings is 1. The average Bonchev–Trinajstić information content (AvgIpc) is 3.34. The van der Waals surface area contributed by atoms with Crippen molar-refractivity contribution in [3.05, 3.63) is 52.4 Å². The van der Waals surface area contributed by atoms with Crippen LogP contribution >= 0.6 is 11.3 Å². The van der Waals surface area contributed by atoms with Crippen LogP contribution in [0.1, 0.15) is 36.8 Å². The van der Waals surface area contributed by atoms with Crippen LogP contribution in [0, 0.1) is 25.2 Å². The zero-order valence-corrected chi connectivity index (χ0v) is 16.4. The number of rotatable bonds is 5. The third-order valence-corrected chi connectivity index (χ3v) is 4.84. The van der Waals surface area contributed by atoms with Gasteiger partial charge in [0, 0.05) is 35.1 Å². The highest BCUT2D eigenvalue weighted by Crippen LogP contribution is 2.24. The van der Waals surface area contributed by atoms with Crippen LogP contribution in [0.2, 0.25) is 0 Å². The number of aryl methyl sites for hydroxylation is 1. The Labute approximate surface area is 161 Å². The first-order valence-corrected chi connectivity index (χ1v) is 9.35. The summed E-state index contributed by atoms with van der Waals surface area (Å²) in [6.07, 6.45) is 4.98. The second-order valence-electron chi connectivity index (χ2n) is 6.35. The number of hydrogen-bond donors (Lipinski definition) is 1. The molecule has 0 fully saturated rings. The van der Waals surface area contributed by atoms with E-state index in [1.165, 1.54) is 11.3 Å². The number of carbonyl (C=O) groups is 1. The molecule has 27 heavy (non-hydrogen) atoms. The molecular formula is C19H20N6OS. The fourth-order valence-electron chi connectivity index (χ4n) is 2.92. The average molecular weight is 380 g/mol. The third kappa shape index (κ3) is 3.68. The van der Waals surface area contributed by atoms with Crippen molar-refractivity contribution in [1.29, 1.82) is 5.26 Å². The molecule has 0 unspecified atom stereocenters. The van der Waals surface area contributed by atoms with Crippen molar-refractivity contribution in [1.82, 2.24) is 19.3 Å². The first kappa shape index (κ1) is 18.6. The minimum Gasteiger partial charge on any atom is -0.303 e. The molecular weight excluding hydrogens is 360 g/mol. The Hall–Kier alpha value is -3.18. The van der Waals surface area contributed by atoms with Gasteiger partial charge in [0.1, 0.15) is 17.5 Å². The van der Waals surface area contributed by atoms with Crippen LogP contribution in [0.4, 0.5) is 5.13 Å². The number of nitriles is 1. The summed E-state index contributed by atoms with van der Waals surface area (Å²) >= 11 is 1.30. The van der Waals surface area contributed by atoms with Gasteiger partial charge in [0.25, 0.3) is 5.91 Å². The molecule has 0 spiro atoms. The number of amides is 1. The summed E-state index contributed by atoms with van der Waals surface area (Å²) in [5.41, 5.74) is 2.78. The van der Waals surface area contributed by atoms with Gasteiger partial charge in [-0.25, -0.2) is 9.67 Å². The molecule has 0 aliphatic heterocycles. The lowest BCUT2D eigenvalue weighted by atomic mass is 10.1. The Bertz CT molecular complexity index is 1030. The molecule has 0 atom stereocenters. The highest BCUT2D eigenvalue weighted by Gasteiger charge is 2.17. The summed E-state index contributed by atoms with van der Waals surface area (Å²) in [5, 5.41) is 18.7.